The van der Waals surface area contributed by atoms with Gasteiger partial charge < -0.3 is 5.73 Å². The van der Waals surface area contributed by atoms with Crippen LogP contribution in [0.1, 0.15) is 0 Å². The quantitative estimate of drug-likeness (QED) is 0.475. The lowest BCUT2D eigenvalue weighted by molar-refractivity contribution is -0.113. The first-order valence-electron chi connectivity index (χ1n) is 3.19. The summed E-state index contributed by atoms with van der Waals surface area (Å²) in [5.74, 6) is -0.442. The first-order valence-corrected chi connectivity index (χ1v) is 3.19. The molecule has 2 heteroatoms. The first-order chi connectivity index (χ1) is 5.27. The average Bonchev–Trinajstić information content (AvgIpc) is 1.96. The zero-order chi connectivity index (χ0) is 8.53. The molecule has 1 amide bonds. The Bertz CT molecular complexity index is 212. The monoisotopic (exact) mass is 149 g/mol. The van der Waals surface area contributed by atoms with Crippen LogP contribution in [0.25, 0.3) is 0 Å². The third-order valence-electron chi connectivity index (χ3n) is 0.841. The molecule has 0 bridgehead atoms. The molecule has 0 heterocycles. The Hall–Kier alpha value is -1.57. The third kappa shape index (κ3) is 8.43. The van der Waals surface area contributed by atoms with Crippen LogP contribution < -0.4 is 5.73 Å². The smallest absolute Gasteiger partial charge is 0.241 e. The van der Waals surface area contributed by atoms with Crippen molar-refractivity contribution < 1.29 is 4.79 Å². The fourth-order valence-electron chi connectivity index (χ4n) is 0.421. The molecular weight excluding hydrogens is 138 g/mol. The SMILES string of the molecule is C=CC=CC=CC=CC(N)=O. The molecular formula is C9H11NO. The Morgan fingerprint density at radius 3 is 2.18 bits per heavy atom. The van der Waals surface area contributed by atoms with E-state index in [1.807, 2.05) is 0 Å². The summed E-state index contributed by atoms with van der Waals surface area (Å²) in [7, 11) is 0. The lowest BCUT2D eigenvalue weighted by Crippen LogP contribution is -2.04. The molecule has 2 N–H and O–H groups in total. The van der Waals surface area contributed by atoms with Gasteiger partial charge in [-0.25, -0.2) is 0 Å². The van der Waals surface area contributed by atoms with Gasteiger partial charge in [-0.3, -0.25) is 4.79 Å². The predicted octanol–water partition coefficient (Wildman–Crippen LogP) is 1.33. The standard InChI is InChI=1S/C9H11NO/c1-2-3-4-5-6-7-8-9(10)11/h2-8H,1H2,(H2,10,11). The summed E-state index contributed by atoms with van der Waals surface area (Å²) in [6, 6.07) is 0. The number of allylic oxidation sites excluding steroid dienone is 6. The highest BCUT2D eigenvalue weighted by molar-refractivity contribution is 5.85. The summed E-state index contributed by atoms with van der Waals surface area (Å²) in [4.78, 5) is 10.2. The van der Waals surface area contributed by atoms with Gasteiger partial charge in [0.1, 0.15) is 0 Å². The van der Waals surface area contributed by atoms with Crippen molar-refractivity contribution in [2.24, 2.45) is 5.73 Å². The number of carbonyl (C=O) groups is 1. The number of rotatable bonds is 4. The Kier molecular flexibility index (Phi) is 5.61. The second-order valence-corrected chi connectivity index (χ2v) is 1.77. The average molecular weight is 149 g/mol. The van der Waals surface area contributed by atoms with Crippen LogP contribution in [0.4, 0.5) is 0 Å². The van der Waals surface area contributed by atoms with E-state index in [0.717, 1.165) is 0 Å². The molecule has 58 valence electrons. The van der Waals surface area contributed by atoms with Crippen molar-refractivity contribution in [1.82, 2.24) is 0 Å². The summed E-state index contributed by atoms with van der Waals surface area (Å²) in [5.41, 5.74) is 4.84. The predicted molar refractivity (Wildman–Crippen MR) is 46.8 cm³/mol. The second-order valence-electron chi connectivity index (χ2n) is 1.77. The minimum atomic E-state index is -0.442. The highest BCUT2D eigenvalue weighted by Crippen LogP contribution is 1.79. The zero-order valence-electron chi connectivity index (χ0n) is 6.23. The number of carbonyl (C=O) groups excluding carboxylic acids is 1. The molecule has 0 saturated heterocycles. The van der Waals surface area contributed by atoms with Gasteiger partial charge in [0.15, 0.2) is 0 Å². The minimum Gasteiger partial charge on any atom is -0.366 e. The fourth-order valence-corrected chi connectivity index (χ4v) is 0.421. The summed E-state index contributed by atoms with van der Waals surface area (Å²) in [6.07, 6.45) is 11.6. The molecule has 0 unspecified atom stereocenters. The molecule has 0 aromatic rings. The van der Waals surface area contributed by atoms with Crippen LogP contribution in [0.15, 0.2) is 49.1 Å². The van der Waals surface area contributed by atoms with E-state index in [1.165, 1.54) is 6.08 Å². The van der Waals surface area contributed by atoms with Crippen LogP contribution in [0.5, 0.6) is 0 Å². The molecule has 0 spiro atoms. The van der Waals surface area contributed by atoms with E-state index >= 15 is 0 Å². The third-order valence-corrected chi connectivity index (χ3v) is 0.841. The van der Waals surface area contributed by atoms with Crippen LogP contribution in [0.3, 0.4) is 0 Å². The van der Waals surface area contributed by atoms with E-state index < -0.39 is 5.91 Å². The molecule has 11 heavy (non-hydrogen) atoms. The molecule has 0 aromatic carbocycles. The molecule has 0 saturated carbocycles. The first kappa shape index (κ1) is 9.43. The van der Waals surface area contributed by atoms with Crippen molar-refractivity contribution in [1.29, 1.82) is 0 Å². The maximum atomic E-state index is 10.2. The van der Waals surface area contributed by atoms with Crippen LogP contribution >= 0.6 is 0 Å². The Labute approximate surface area is 66.4 Å². The van der Waals surface area contributed by atoms with E-state index in [4.69, 9.17) is 5.73 Å². The van der Waals surface area contributed by atoms with E-state index in [0.29, 0.717) is 0 Å². The Morgan fingerprint density at radius 2 is 1.64 bits per heavy atom. The van der Waals surface area contributed by atoms with E-state index in [9.17, 15) is 4.79 Å². The van der Waals surface area contributed by atoms with Gasteiger partial charge >= 0.3 is 0 Å². The molecule has 0 atom stereocenters. The van der Waals surface area contributed by atoms with Crippen molar-refractivity contribution in [2.45, 2.75) is 0 Å². The lowest BCUT2D eigenvalue weighted by atomic mass is 10.4. The summed E-state index contributed by atoms with van der Waals surface area (Å²) < 4.78 is 0. The topological polar surface area (TPSA) is 43.1 Å². The molecule has 0 rings (SSSR count). The number of primary amides is 1. The van der Waals surface area contributed by atoms with Gasteiger partial charge in [0.05, 0.1) is 0 Å². The fraction of sp³-hybridized carbons (Fsp3) is 0. The Balaban J connectivity index is 3.68. The van der Waals surface area contributed by atoms with Gasteiger partial charge in [0.2, 0.25) is 5.91 Å². The zero-order valence-corrected chi connectivity index (χ0v) is 6.23. The minimum absolute atomic E-state index is 0.442. The van der Waals surface area contributed by atoms with E-state index in [1.54, 1.807) is 36.5 Å². The highest BCUT2D eigenvalue weighted by atomic mass is 16.1. The van der Waals surface area contributed by atoms with Gasteiger partial charge in [-0.15, -0.1) is 0 Å². The molecule has 0 radical (unpaired) electrons. The normalized spacial score (nSPS) is 11.6. The van der Waals surface area contributed by atoms with Gasteiger partial charge in [0.25, 0.3) is 0 Å². The number of hydrogen-bond acceptors (Lipinski definition) is 1. The Morgan fingerprint density at radius 1 is 1.09 bits per heavy atom. The van der Waals surface area contributed by atoms with Crippen molar-refractivity contribution in [2.75, 3.05) is 0 Å². The van der Waals surface area contributed by atoms with Crippen LogP contribution in [-0.2, 0) is 4.79 Å². The van der Waals surface area contributed by atoms with Gasteiger partial charge in [-0.1, -0.05) is 43.0 Å². The number of amides is 1. The maximum Gasteiger partial charge on any atom is 0.241 e. The molecule has 0 aliphatic carbocycles. The highest BCUT2D eigenvalue weighted by Gasteiger charge is 1.75. The molecule has 0 aliphatic rings. The van der Waals surface area contributed by atoms with Crippen molar-refractivity contribution >= 4 is 5.91 Å². The van der Waals surface area contributed by atoms with Crippen LogP contribution in [0.2, 0.25) is 0 Å². The van der Waals surface area contributed by atoms with Crippen LogP contribution in [-0.4, -0.2) is 5.91 Å². The van der Waals surface area contributed by atoms with Gasteiger partial charge in [-0.05, 0) is 0 Å². The summed E-state index contributed by atoms with van der Waals surface area (Å²) >= 11 is 0. The van der Waals surface area contributed by atoms with Crippen molar-refractivity contribution in [3.05, 3.63) is 49.1 Å². The molecule has 0 aromatic heterocycles. The summed E-state index contributed by atoms with van der Waals surface area (Å²) in [5, 5.41) is 0. The molecule has 0 aliphatic heterocycles. The van der Waals surface area contributed by atoms with Crippen molar-refractivity contribution in [3.8, 4) is 0 Å². The number of nitrogens with two attached hydrogens (primary N) is 1. The maximum absolute atomic E-state index is 10.2. The van der Waals surface area contributed by atoms with E-state index in [2.05, 4.69) is 6.58 Å². The van der Waals surface area contributed by atoms with E-state index in [-0.39, 0.29) is 0 Å². The second kappa shape index (κ2) is 6.55. The van der Waals surface area contributed by atoms with Gasteiger partial charge in [0, 0.05) is 6.08 Å². The lowest BCUT2D eigenvalue weighted by Gasteiger charge is -1.74. The summed E-state index contributed by atoms with van der Waals surface area (Å²) in [6.45, 7) is 3.49. The molecule has 0 fully saturated rings. The van der Waals surface area contributed by atoms with Gasteiger partial charge in [-0.2, -0.15) is 0 Å². The van der Waals surface area contributed by atoms with Crippen molar-refractivity contribution in [3.63, 3.8) is 0 Å². The molecule has 2 nitrogen and oxygen atoms in total. The van der Waals surface area contributed by atoms with Crippen LogP contribution in [0, 0.1) is 0 Å². The number of hydrogen-bond donors (Lipinski definition) is 1. The largest absolute Gasteiger partial charge is 0.366 e.